The number of aromatic nitrogens is 2. The highest BCUT2D eigenvalue weighted by Gasteiger charge is 2.32. The number of nitrogens with one attached hydrogen (secondary N) is 1. The molecule has 31 heavy (non-hydrogen) atoms. The first-order valence-corrected chi connectivity index (χ1v) is 11.1. The number of aromatic amines is 1. The lowest BCUT2D eigenvalue weighted by Gasteiger charge is -2.35. The molecule has 14 heteroatoms. The third-order valence-electron chi connectivity index (χ3n) is 4.45. The van der Waals surface area contributed by atoms with Crippen LogP contribution in [-0.2, 0) is 10.0 Å². The van der Waals surface area contributed by atoms with Crippen LogP contribution < -0.4 is 4.74 Å². The molecule has 1 fully saturated rings. The lowest BCUT2D eigenvalue weighted by atomic mass is 10.3. The van der Waals surface area contributed by atoms with E-state index in [1.54, 1.807) is 6.92 Å². The van der Waals surface area contributed by atoms with Crippen molar-refractivity contribution in [2.24, 2.45) is 4.99 Å². The van der Waals surface area contributed by atoms with E-state index in [9.17, 15) is 21.6 Å². The molecule has 0 atom stereocenters. The second kappa shape index (κ2) is 9.10. The van der Waals surface area contributed by atoms with Crippen molar-refractivity contribution in [3.05, 3.63) is 40.1 Å². The van der Waals surface area contributed by atoms with Gasteiger partial charge in [-0.25, -0.2) is 13.4 Å². The molecule has 1 N–H and O–H groups in total. The third-order valence-corrected chi connectivity index (χ3v) is 6.93. The molecule has 1 aromatic carbocycles. The zero-order valence-corrected chi connectivity index (χ0v) is 18.4. The molecule has 3 rings (SSSR count). The number of alkyl halides is 3. The summed E-state index contributed by atoms with van der Waals surface area (Å²) < 4.78 is 67.8. The monoisotopic (exact) mass is 495 g/mol. The number of sulfonamides is 1. The van der Waals surface area contributed by atoms with Crippen LogP contribution in [0.25, 0.3) is 0 Å². The van der Waals surface area contributed by atoms with E-state index in [4.69, 9.17) is 23.8 Å². The molecule has 0 amide bonds. The van der Waals surface area contributed by atoms with Gasteiger partial charge in [0.2, 0.25) is 10.0 Å². The first-order valence-electron chi connectivity index (χ1n) is 8.87. The number of benzene rings is 1. The Hall–Kier alpha value is -2.22. The number of H-pyrrole nitrogens is 1. The van der Waals surface area contributed by atoms with E-state index in [2.05, 4.69) is 19.9 Å². The molecule has 1 aliphatic heterocycles. The number of rotatable bonds is 4. The van der Waals surface area contributed by atoms with Crippen LogP contribution in [0.3, 0.4) is 0 Å². The van der Waals surface area contributed by atoms with Crippen molar-refractivity contribution in [3.8, 4) is 5.75 Å². The van der Waals surface area contributed by atoms with Crippen molar-refractivity contribution < 1.29 is 26.3 Å². The van der Waals surface area contributed by atoms with Crippen LogP contribution in [0, 0.1) is 4.51 Å². The van der Waals surface area contributed by atoms with Gasteiger partial charge >= 0.3 is 6.36 Å². The summed E-state index contributed by atoms with van der Waals surface area (Å²) in [5.74, 6) is 0.120. The number of nitrogens with zero attached hydrogens (tertiary/aromatic N) is 4. The summed E-state index contributed by atoms with van der Waals surface area (Å²) >= 11 is 11.2. The Balaban J connectivity index is 1.68. The Labute approximate surface area is 186 Å². The van der Waals surface area contributed by atoms with Crippen LogP contribution in [0.15, 0.2) is 40.4 Å². The second-order valence-corrected chi connectivity index (χ2v) is 9.22. The lowest BCUT2D eigenvalue weighted by molar-refractivity contribution is -0.274. The number of aliphatic imine (C=N–C) groups is 1. The van der Waals surface area contributed by atoms with E-state index >= 15 is 0 Å². The Morgan fingerprint density at radius 2 is 1.84 bits per heavy atom. The average Bonchev–Trinajstić information content (AvgIpc) is 2.70. The van der Waals surface area contributed by atoms with Crippen LogP contribution in [0.4, 0.5) is 18.9 Å². The van der Waals surface area contributed by atoms with E-state index in [1.807, 2.05) is 4.90 Å². The van der Waals surface area contributed by atoms with E-state index < -0.39 is 22.1 Å². The molecule has 0 saturated carbocycles. The molecule has 2 aromatic rings. The Morgan fingerprint density at radius 1 is 1.23 bits per heavy atom. The number of hydrogen-bond donors (Lipinski definition) is 1. The quantitative estimate of drug-likeness (QED) is 0.395. The first kappa shape index (κ1) is 23.4. The van der Waals surface area contributed by atoms with Crippen LogP contribution in [0.2, 0.25) is 5.15 Å². The predicted octanol–water partition coefficient (Wildman–Crippen LogP) is 3.75. The highest BCUT2D eigenvalue weighted by Crippen LogP contribution is 2.26. The van der Waals surface area contributed by atoms with Crippen molar-refractivity contribution >= 4 is 45.4 Å². The molecule has 8 nitrogen and oxygen atoms in total. The summed E-state index contributed by atoms with van der Waals surface area (Å²) in [4.78, 5) is 6.20. The van der Waals surface area contributed by atoms with Gasteiger partial charge in [-0.15, -0.1) is 13.2 Å². The molecule has 0 radical (unpaired) electrons. The third kappa shape index (κ3) is 5.73. The topological polar surface area (TPSA) is 90.9 Å². The van der Waals surface area contributed by atoms with Gasteiger partial charge in [-0.2, -0.15) is 9.40 Å². The Kier molecular flexibility index (Phi) is 6.88. The summed E-state index contributed by atoms with van der Waals surface area (Å²) in [5.41, 5.74) is 0.375. The minimum atomic E-state index is -4.85. The van der Waals surface area contributed by atoms with Crippen LogP contribution in [0.5, 0.6) is 5.75 Å². The summed E-state index contributed by atoms with van der Waals surface area (Å²) in [6.07, 6.45) is -3.43. The fourth-order valence-electron chi connectivity index (χ4n) is 2.92. The maximum Gasteiger partial charge on any atom is 0.573 e. The van der Waals surface area contributed by atoms with Crippen LogP contribution in [0.1, 0.15) is 6.92 Å². The minimum Gasteiger partial charge on any atom is -0.406 e. The zero-order valence-electron chi connectivity index (χ0n) is 16.1. The highest BCUT2D eigenvalue weighted by atomic mass is 35.5. The van der Waals surface area contributed by atoms with Gasteiger partial charge < -0.3 is 9.64 Å². The molecule has 1 saturated heterocycles. The molecular formula is C17H17ClF3N5O3S2. The molecule has 0 aliphatic carbocycles. The predicted molar refractivity (Wildman–Crippen MR) is 111 cm³/mol. The van der Waals surface area contributed by atoms with E-state index in [1.165, 1.54) is 10.5 Å². The van der Waals surface area contributed by atoms with E-state index in [0.717, 1.165) is 24.3 Å². The van der Waals surface area contributed by atoms with Gasteiger partial charge in [-0.3, -0.25) is 5.10 Å². The van der Waals surface area contributed by atoms with E-state index in [-0.39, 0.29) is 23.1 Å². The zero-order chi connectivity index (χ0) is 22.8. The van der Waals surface area contributed by atoms with Gasteiger partial charge in [-0.05, 0) is 31.2 Å². The van der Waals surface area contributed by atoms with Crippen molar-refractivity contribution in [3.63, 3.8) is 0 Å². The van der Waals surface area contributed by atoms with Gasteiger partial charge in [0.05, 0.1) is 15.6 Å². The number of halogens is 4. The molecule has 168 valence electrons. The molecule has 0 unspecified atom stereocenters. The van der Waals surface area contributed by atoms with Crippen LogP contribution >= 0.6 is 23.8 Å². The molecule has 1 aromatic heterocycles. The Morgan fingerprint density at radius 3 is 2.39 bits per heavy atom. The van der Waals surface area contributed by atoms with Crippen molar-refractivity contribution in [1.29, 1.82) is 0 Å². The summed E-state index contributed by atoms with van der Waals surface area (Å²) in [6.45, 7) is 2.83. The maximum absolute atomic E-state index is 12.8. The SMILES string of the molecule is CC(=Nc1c(Cl)[nH]ncc1=S)N1CCN(S(=O)(=O)c2ccc(OC(F)(F)F)cc2)CC1. The first-order chi connectivity index (χ1) is 14.5. The fraction of sp³-hybridized carbons (Fsp3) is 0.353. The van der Waals surface area contributed by atoms with Gasteiger partial charge in [0.15, 0.2) is 0 Å². The smallest absolute Gasteiger partial charge is 0.406 e. The number of ether oxygens (including phenoxy) is 1. The van der Waals surface area contributed by atoms with Gasteiger partial charge in [-0.1, -0.05) is 23.8 Å². The fourth-order valence-corrected chi connectivity index (χ4v) is 4.79. The number of piperazine rings is 1. The summed E-state index contributed by atoms with van der Waals surface area (Å²) in [6, 6.07) is 4.11. The number of hydrogen-bond acceptors (Lipinski definition) is 6. The summed E-state index contributed by atoms with van der Waals surface area (Å²) in [5, 5.41) is 6.55. The molecule has 0 bridgehead atoms. The highest BCUT2D eigenvalue weighted by molar-refractivity contribution is 7.89. The average molecular weight is 496 g/mol. The normalized spacial score (nSPS) is 16.4. The largest absolute Gasteiger partial charge is 0.573 e. The summed E-state index contributed by atoms with van der Waals surface area (Å²) in [7, 11) is -3.86. The van der Waals surface area contributed by atoms with Crippen molar-refractivity contribution in [2.75, 3.05) is 26.2 Å². The lowest BCUT2D eigenvalue weighted by Crippen LogP contribution is -2.49. The van der Waals surface area contributed by atoms with Crippen LogP contribution in [-0.4, -0.2) is 66.2 Å². The molecule has 2 heterocycles. The molecule has 0 spiro atoms. The minimum absolute atomic E-state index is 0.115. The Bertz CT molecular complexity index is 1130. The van der Waals surface area contributed by atoms with Crippen molar-refractivity contribution in [2.45, 2.75) is 18.2 Å². The van der Waals surface area contributed by atoms with Gasteiger partial charge in [0.25, 0.3) is 0 Å². The van der Waals surface area contributed by atoms with Gasteiger partial charge in [0.1, 0.15) is 22.4 Å². The standard InChI is InChI=1S/C17H17ClF3N5O3S2/c1-11(23-15-14(30)10-22-24-16(15)18)25-6-8-26(9-7-25)31(27,28)13-4-2-12(3-5-13)29-17(19,20)21/h2-5,10H,6-9H2,1H3,(H,24,30). The van der Waals surface area contributed by atoms with Crippen molar-refractivity contribution in [1.82, 2.24) is 19.4 Å². The molecule has 1 aliphatic rings. The van der Waals surface area contributed by atoms with Gasteiger partial charge in [0, 0.05) is 26.2 Å². The second-order valence-electron chi connectivity index (χ2n) is 6.47. The molecular weight excluding hydrogens is 479 g/mol. The van der Waals surface area contributed by atoms with E-state index in [0.29, 0.717) is 29.1 Å². The number of amidine groups is 1. The maximum atomic E-state index is 12.8.